The van der Waals surface area contributed by atoms with Gasteiger partial charge in [-0.25, -0.2) is 0 Å². The van der Waals surface area contributed by atoms with Crippen LogP contribution in [0.15, 0.2) is 0 Å². The Balaban J connectivity index is 3.06. The van der Waals surface area contributed by atoms with Crippen LogP contribution >= 0.6 is 0 Å². The third-order valence-electron chi connectivity index (χ3n) is 4.65. The molecule has 0 fully saturated rings. The molecule has 0 saturated carbocycles. The van der Waals surface area contributed by atoms with Crippen LogP contribution in [0.2, 0.25) is 0 Å². The first-order valence-electron chi connectivity index (χ1n) is 9.93. The molecule has 0 radical (unpaired) electrons. The fourth-order valence-electron chi connectivity index (χ4n) is 3.02. The first-order chi connectivity index (χ1) is 10.2. The van der Waals surface area contributed by atoms with Crippen molar-refractivity contribution in [1.29, 1.82) is 0 Å². The smallest absolute Gasteiger partial charge is 0.00190 e. The quantitative estimate of drug-likeness (QED) is 0.288. The summed E-state index contributed by atoms with van der Waals surface area (Å²) in [6.07, 6.45) is 17.4. The van der Waals surface area contributed by atoms with Crippen LogP contribution in [-0.4, -0.2) is 24.5 Å². The van der Waals surface area contributed by atoms with Gasteiger partial charge in [0.05, 0.1) is 0 Å². The van der Waals surface area contributed by atoms with Gasteiger partial charge >= 0.3 is 0 Å². The van der Waals surface area contributed by atoms with Crippen LogP contribution in [0, 0.1) is 5.92 Å². The summed E-state index contributed by atoms with van der Waals surface area (Å²) in [5.74, 6) is 0.895. The van der Waals surface area contributed by atoms with E-state index in [1.54, 1.807) is 0 Å². The van der Waals surface area contributed by atoms with Crippen molar-refractivity contribution in [3.05, 3.63) is 0 Å². The van der Waals surface area contributed by atoms with Crippen LogP contribution in [0.4, 0.5) is 0 Å². The number of hydrogen-bond donors (Lipinski definition) is 0. The summed E-state index contributed by atoms with van der Waals surface area (Å²) in [7, 11) is 0. The van der Waals surface area contributed by atoms with Gasteiger partial charge in [-0.15, -0.1) is 0 Å². The highest BCUT2D eigenvalue weighted by Gasteiger charge is 1.98. The van der Waals surface area contributed by atoms with E-state index in [-0.39, 0.29) is 0 Å². The van der Waals surface area contributed by atoms with Gasteiger partial charge in [-0.05, 0) is 32.0 Å². The lowest BCUT2D eigenvalue weighted by molar-refractivity contribution is 0.295. The Morgan fingerprint density at radius 1 is 0.571 bits per heavy atom. The molecule has 0 heterocycles. The van der Waals surface area contributed by atoms with Crippen LogP contribution in [-0.2, 0) is 0 Å². The van der Waals surface area contributed by atoms with Crippen molar-refractivity contribution in [2.75, 3.05) is 19.6 Å². The monoisotopic (exact) mass is 297 g/mol. The molecule has 1 heteroatoms. The predicted octanol–water partition coefficient (Wildman–Crippen LogP) is 6.67. The predicted molar refractivity (Wildman–Crippen MR) is 98.0 cm³/mol. The molecule has 0 aromatic heterocycles. The summed E-state index contributed by atoms with van der Waals surface area (Å²) < 4.78 is 0. The van der Waals surface area contributed by atoms with Gasteiger partial charge in [0.15, 0.2) is 0 Å². The maximum Gasteiger partial charge on any atom is -0.00190 e. The summed E-state index contributed by atoms with van der Waals surface area (Å²) >= 11 is 0. The average molecular weight is 298 g/mol. The van der Waals surface area contributed by atoms with Gasteiger partial charge in [-0.1, -0.05) is 98.3 Å². The van der Waals surface area contributed by atoms with E-state index in [0.29, 0.717) is 0 Å². The zero-order chi connectivity index (χ0) is 15.8. The Bertz CT molecular complexity index is 184. The van der Waals surface area contributed by atoms with Gasteiger partial charge < -0.3 is 4.90 Å². The van der Waals surface area contributed by atoms with Crippen molar-refractivity contribution in [2.24, 2.45) is 5.92 Å². The first-order valence-corrected chi connectivity index (χ1v) is 9.93. The van der Waals surface area contributed by atoms with Gasteiger partial charge in [-0.3, -0.25) is 0 Å². The lowest BCUT2D eigenvalue weighted by atomic mass is 10.0. The van der Waals surface area contributed by atoms with Gasteiger partial charge in [0.1, 0.15) is 0 Å². The number of rotatable bonds is 16. The highest BCUT2D eigenvalue weighted by Crippen LogP contribution is 2.13. The molecule has 0 aliphatic carbocycles. The van der Waals surface area contributed by atoms with Crippen LogP contribution in [0.5, 0.6) is 0 Å². The second kappa shape index (κ2) is 16.3. The molecule has 128 valence electrons. The fraction of sp³-hybridized carbons (Fsp3) is 1.00. The second-order valence-corrected chi connectivity index (χ2v) is 7.10. The van der Waals surface area contributed by atoms with Crippen molar-refractivity contribution in [1.82, 2.24) is 4.90 Å². The fourth-order valence-corrected chi connectivity index (χ4v) is 3.02. The minimum atomic E-state index is 0.895. The zero-order valence-electron chi connectivity index (χ0n) is 15.6. The molecule has 0 unspecified atom stereocenters. The van der Waals surface area contributed by atoms with Crippen molar-refractivity contribution < 1.29 is 0 Å². The molecule has 0 aromatic rings. The third kappa shape index (κ3) is 16.2. The van der Waals surface area contributed by atoms with Crippen LogP contribution < -0.4 is 0 Å². The van der Waals surface area contributed by atoms with Crippen molar-refractivity contribution in [3.63, 3.8) is 0 Å². The minimum absolute atomic E-state index is 0.895. The van der Waals surface area contributed by atoms with Crippen LogP contribution in [0.25, 0.3) is 0 Å². The number of nitrogens with zero attached hydrogens (tertiary/aromatic N) is 1. The molecule has 0 bridgehead atoms. The Kier molecular flexibility index (Phi) is 16.3. The molecule has 21 heavy (non-hydrogen) atoms. The van der Waals surface area contributed by atoms with E-state index < -0.39 is 0 Å². The maximum atomic E-state index is 2.54. The molecule has 0 aliphatic rings. The van der Waals surface area contributed by atoms with Crippen molar-refractivity contribution in [2.45, 2.75) is 105 Å². The van der Waals surface area contributed by atoms with Gasteiger partial charge in [-0.2, -0.15) is 0 Å². The maximum absolute atomic E-state index is 2.54. The van der Waals surface area contributed by atoms with E-state index in [1.807, 2.05) is 0 Å². The topological polar surface area (TPSA) is 3.24 Å². The Morgan fingerprint density at radius 2 is 0.952 bits per heavy atom. The summed E-state index contributed by atoms with van der Waals surface area (Å²) in [6.45, 7) is 13.0. The molecule has 0 amide bonds. The van der Waals surface area contributed by atoms with Crippen LogP contribution in [0.3, 0.4) is 0 Å². The molecule has 1 nitrogen and oxygen atoms in total. The van der Waals surface area contributed by atoms with E-state index in [4.69, 9.17) is 0 Å². The third-order valence-corrected chi connectivity index (χ3v) is 4.65. The molecular formula is C20H43N. The minimum Gasteiger partial charge on any atom is -0.304 e. The Hall–Kier alpha value is -0.0400. The highest BCUT2D eigenvalue weighted by atomic mass is 15.1. The first kappa shape index (κ1) is 21.0. The SMILES string of the molecule is CCN(CC)CCCCCCCCCCCCCC(C)C. The molecule has 0 aromatic carbocycles. The summed E-state index contributed by atoms with van der Waals surface area (Å²) in [6, 6.07) is 0. The normalized spacial score (nSPS) is 11.7. The van der Waals surface area contributed by atoms with E-state index in [9.17, 15) is 0 Å². The summed E-state index contributed by atoms with van der Waals surface area (Å²) in [5, 5.41) is 0. The van der Waals surface area contributed by atoms with Gasteiger partial charge in [0.25, 0.3) is 0 Å². The van der Waals surface area contributed by atoms with Crippen LogP contribution in [0.1, 0.15) is 105 Å². The lowest BCUT2D eigenvalue weighted by Gasteiger charge is -2.17. The molecule has 0 aliphatic heterocycles. The van der Waals surface area contributed by atoms with E-state index in [0.717, 1.165) is 5.92 Å². The molecule has 0 spiro atoms. The zero-order valence-corrected chi connectivity index (χ0v) is 15.6. The van der Waals surface area contributed by atoms with E-state index in [1.165, 1.54) is 96.7 Å². The van der Waals surface area contributed by atoms with E-state index in [2.05, 4.69) is 32.6 Å². The molecule has 0 N–H and O–H groups in total. The summed E-state index contributed by atoms with van der Waals surface area (Å²) in [5.41, 5.74) is 0. The van der Waals surface area contributed by atoms with Crippen molar-refractivity contribution >= 4 is 0 Å². The standard InChI is InChI=1S/C20H43N/c1-5-21(6-2)19-17-15-13-11-9-7-8-10-12-14-16-18-20(3)4/h20H,5-19H2,1-4H3. The lowest BCUT2D eigenvalue weighted by Crippen LogP contribution is -2.23. The van der Waals surface area contributed by atoms with Crippen molar-refractivity contribution in [3.8, 4) is 0 Å². The highest BCUT2D eigenvalue weighted by molar-refractivity contribution is 4.54. The number of hydrogen-bond acceptors (Lipinski definition) is 1. The molecule has 0 rings (SSSR count). The van der Waals surface area contributed by atoms with Gasteiger partial charge in [0.2, 0.25) is 0 Å². The Labute approximate surface area is 135 Å². The summed E-state index contributed by atoms with van der Waals surface area (Å²) in [4.78, 5) is 2.54. The van der Waals surface area contributed by atoms with Gasteiger partial charge in [0, 0.05) is 0 Å². The molecular weight excluding hydrogens is 254 g/mol. The average Bonchev–Trinajstić information content (AvgIpc) is 2.47. The Morgan fingerprint density at radius 3 is 1.33 bits per heavy atom. The largest absolute Gasteiger partial charge is 0.304 e. The molecule has 0 atom stereocenters. The second-order valence-electron chi connectivity index (χ2n) is 7.10. The van der Waals surface area contributed by atoms with E-state index >= 15 is 0 Å². The number of unbranched alkanes of at least 4 members (excludes halogenated alkanes) is 10. The molecule has 0 saturated heterocycles.